The zero-order valence-electron chi connectivity index (χ0n) is 6.23. The number of alkyl halides is 3. The van der Waals surface area contributed by atoms with E-state index >= 15 is 0 Å². The highest BCUT2D eigenvalue weighted by Crippen LogP contribution is 2.36. The number of ketones is 1. The molecule has 70 valence electrons. The Morgan fingerprint density at radius 1 is 1.08 bits per heavy atom. The number of benzene rings is 1. The Labute approximate surface area is 110 Å². The van der Waals surface area contributed by atoms with Crippen molar-refractivity contribution in [1.29, 1.82) is 0 Å². The molecule has 0 unspecified atom stereocenters. The minimum Gasteiger partial charge on any atom is -0.291 e. The van der Waals surface area contributed by atoms with Crippen LogP contribution in [0.2, 0.25) is 0 Å². The van der Waals surface area contributed by atoms with Crippen LogP contribution in [0.15, 0.2) is 28.7 Å². The Hall–Kier alpha value is 0.810. The van der Waals surface area contributed by atoms with Gasteiger partial charge < -0.3 is 0 Å². The summed E-state index contributed by atoms with van der Waals surface area (Å²) in [7, 11) is 0. The highest BCUT2D eigenvalue weighted by molar-refractivity contribution is 9.40. The normalized spacial score (nSPS) is 11.4. The second-order valence-corrected chi connectivity index (χ2v) is 10.0. The van der Waals surface area contributed by atoms with Gasteiger partial charge in [-0.15, -0.1) is 0 Å². The van der Waals surface area contributed by atoms with Crippen molar-refractivity contribution in [3.05, 3.63) is 34.3 Å². The van der Waals surface area contributed by atoms with Crippen LogP contribution in [0, 0.1) is 0 Å². The minimum atomic E-state index is -0.860. The molecule has 0 saturated carbocycles. The van der Waals surface area contributed by atoms with Gasteiger partial charge in [0.1, 0.15) is 0 Å². The lowest BCUT2D eigenvalue weighted by Gasteiger charge is -2.10. The Balaban J connectivity index is 2.97. The van der Waals surface area contributed by atoms with Gasteiger partial charge in [-0.25, -0.2) is 0 Å². The summed E-state index contributed by atoms with van der Waals surface area (Å²) in [5.74, 6) is -0.0694. The van der Waals surface area contributed by atoms with Crippen molar-refractivity contribution in [1.82, 2.24) is 0 Å². The first kappa shape index (κ1) is 11.9. The minimum absolute atomic E-state index is 0.0694. The third-order valence-corrected chi connectivity index (χ3v) is 2.97. The molecule has 0 aromatic heterocycles. The molecule has 0 heterocycles. The molecule has 1 rings (SSSR count). The zero-order valence-corrected chi connectivity index (χ0v) is 12.6. The van der Waals surface area contributed by atoms with Crippen LogP contribution >= 0.6 is 63.7 Å². The Kier molecular flexibility index (Phi) is 4.16. The fraction of sp³-hybridized carbons (Fsp3) is 0.125. The lowest BCUT2D eigenvalue weighted by Crippen LogP contribution is -2.16. The highest BCUT2D eigenvalue weighted by atomic mass is 80.0. The van der Waals surface area contributed by atoms with E-state index in [1.807, 2.05) is 12.1 Å². The van der Waals surface area contributed by atoms with Crippen LogP contribution in [0.1, 0.15) is 10.4 Å². The molecule has 0 fully saturated rings. The van der Waals surface area contributed by atoms with Gasteiger partial charge in [0.05, 0.1) is 0 Å². The van der Waals surface area contributed by atoms with Gasteiger partial charge in [0.25, 0.3) is 0 Å². The summed E-state index contributed by atoms with van der Waals surface area (Å²) >= 11 is 12.8. The zero-order chi connectivity index (χ0) is 10.1. The number of halogens is 4. The molecule has 0 aliphatic rings. The molecule has 0 spiro atoms. The van der Waals surface area contributed by atoms with Crippen LogP contribution in [0.25, 0.3) is 0 Å². The quantitative estimate of drug-likeness (QED) is 0.470. The molecule has 1 aromatic rings. The molecule has 0 atom stereocenters. The first-order valence-electron chi connectivity index (χ1n) is 3.28. The maximum Gasteiger partial charge on any atom is 0.201 e. The van der Waals surface area contributed by atoms with Gasteiger partial charge in [-0.05, 0) is 12.1 Å². The lowest BCUT2D eigenvalue weighted by atomic mass is 10.2. The summed E-state index contributed by atoms with van der Waals surface area (Å²) in [6.07, 6.45) is 0. The van der Waals surface area contributed by atoms with Gasteiger partial charge in [-0.3, -0.25) is 4.79 Å². The molecule has 5 heteroatoms. The molecule has 1 aromatic carbocycles. The first-order chi connectivity index (χ1) is 5.91. The maximum atomic E-state index is 11.6. The second-order valence-electron chi connectivity index (χ2n) is 2.33. The molecule has 0 aliphatic heterocycles. The summed E-state index contributed by atoms with van der Waals surface area (Å²) in [6, 6.07) is 7.16. The topological polar surface area (TPSA) is 17.1 Å². The summed E-state index contributed by atoms with van der Waals surface area (Å²) in [6.45, 7) is 0. The predicted molar refractivity (Wildman–Crippen MR) is 68.0 cm³/mol. The Bertz CT molecular complexity index is 312. The third kappa shape index (κ3) is 3.46. The van der Waals surface area contributed by atoms with Gasteiger partial charge in [0.15, 0.2) is 2.14 Å². The molecule has 0 aliphatic carbocycles. The Morgan fingerprint density at radius 2 is 1.54 bits per heavy atom. The number of carbonyl (C=O) groups is 1. The molecule has 0 radical (unpaired) electrons. The summed E-state index contributed by atoms with van der Waals surface area (Å²) in [5.41, 5.74) is 0.633. The first-order valence-corrected chi connectivity index (χ1v) is 6.45. The lowest BCUT2D eigenvalue weighted by molar-refractivity contribution is 0.101. The SMILES string of the molecule is O=C(c1ccc(Br)cc1)C(Br)(Br)Br. The van der Waals surface area contributed by atoms with E-state index in [2.05, 4.69) is 63.7 Å². The van der Waals surface area contributed by atoms with Crippen LogP contribution in [0.3, 0.4) is 0 Å². The molecule has 0 N–H and O–H groups in total. The average molecular weight is 436 g/mol. The molecular formula is C8H4Br4O. The molecule has 0 amide bonds. The fourth-order valence-electron chi connectivity index (χ4n) is 0.765. The van der Waals surface area contributed by atoms with Crippen molar-refractivity contribution in [3.63, 3.8) is 0 Å². The number of rotatable bonds is 1. The molecular weight excluding hydrogens is 432 g/mol. The standard InChI is InChI=1S/C8H4Br4O/c9-6-3-1-5(2-4-6)7(13)8(10,11)12/h1-4H. The van der Waals surface area contributed by atoms with Crippen LogP contribution in [-0.2, 0) is 0 Å². The van der Waals surface area contributed by atoms with E-state index in [1.165, 1.54) is 0 Å². The highest BCUT2D eigenvalue weighted by Gasteiger charge is 2.29. The van der Waals surface area contributed by atoms with Gasteiger partial charge in [0, 0.05) is 10.0 Å². The van der Waals surface area contributed by atoms with Crippen molar-refractivity contribution >= 4 is 69.5 Å². The molecule has 0 saturated heterocycles. The van der Waals surface area contributed by atoms with Crippen molar-refractivity contribution in [2.75, 3.05) is 0 Å². The smallest absolute Gasteiger partial charge is 0.201 e. The van der Waals surface area contributed by atoms with Crippen molar-refractivity contribution in [3.8, 4) is 0 Å². The van der Waals surface area contributed by atoms with Gasteiger partial charge in [0.2, 0.25) is 5.78 Å². The van der Waals surface area contributed by atoms with Crippen molar-refractivity contribution < 1.29 is 4.79 Å². The van der Waals surface area contributed by atoms with E-state index in [0.717, 1.165) is 4.47 Å². The van der Waals surface area contributed by atoms with Crippen molar-refractivity contribution in [2.24, 2.45) is 0 Å². The van der Waals surface area contributed by atoms with Gasteiger partial charge >= 0.3 is 0 Å². The van der Waals surface area contributed by atoms with Crippen LogP contribution < -0.4 is 0 Å². The fourth-order valence-corrected chi connectivity index (χ4v) is 1.72. The summed E-state index contributed by atoms with van der Waals surface area (Å²) in [4.78, 5) is 11.6. The molecule has 0 bridgehead atoms. The number of hydrogen-bond acceptors (Lipinski definition) is 1. The number of hydrogen-bond donors (Lipinski definition) is 0. The van der Waals surface area contributed by atoms with Crippen LogP contribution in [0.4, 0.5) is 0 Å². The molecule has 13 heavy (non-hydrogen) atoms. The van der Waals surface area contributed by atoms with E-state index in [-0.39, 0.29) is 5.78 Å². The van der Waals surface area contributed by atoms with E-state index in [1.54, 1.807) is 12.1 Å². The van der Waals surface area contributed by atoms with Crippen LogP contribution in [0.5, 0.6) is 0 Å². The number of Topliss-reactive ketones (excluding diaryl/α,β-unsaturated/α-hetero) is 1. The van der Waals surface area contributed by atoms with Crippen molar-refractivity contribution in [2.45, 2.75) is 2.14 Å². The predicted octanol–water partition coefficient (Wildman–Crippen LogP) is 4.47. The average Bonchev–Trinajstić information content (AvgIpc) is 2.03. The van der Waals surface area contributed by atoms with E-state index in [9.17, 15) is 4.79 Å². The molecule has 1 nitrogen and oxygen atoms in total. The largest absolute Gasteiger partial charge is 0.291 e. The van der Waals surface area contributed by atoms with Gasteiger partial charge in [-0.2, -0.15) is 0 Å². The van der Waals surface area contributed by atoms with E-state index in [4.69, 9.17) is 0 Å². The van der Waals surface area contributed by atoms with Gasteiger partial charge in [-0.1, -0.05) is 75.9 Å². The van der Waals surface area contributed by atoms with E-state index in [0.29, 0.717) is 5.56 Å². The summed E-state index contributed by atoms with van der Waals surface area (Å²) in [5, 5.41) is 0. The monoisotopic (exact) mass is 432 g/mol. The second kappa shape index (κ2) is 4.55. The third-order valence-electron chi connectivity index (χ3n) is 1.36. The summed E-state index contributed by atoms with van der Waals surface area (Å²) < 4.78 is 0.0919. The number of carbonyl (C=O) groups excluding carboxylic acids is 1. The van der Waals surface area contributed by atoms with Crippen LogP contribution in [-0.4, -0.2) is 7.93 Å². The Morgan fingerprint density at radius 3 is 1.92 bits per heavy atom. The maximum absolute atomic E-state index is 11.6. The van der Waals surface area contributed by atoms with E-state index < -0.39 is 2.14 Å².